The minimum absolute atomic E-state index is 0.779. The Balaban J connectivity index is 1.02. The zero-order valence-electron chi connectivity index (χ0n) is 45.5. The number of rotatable bonds is 8. The van der Waals surface area contributed by atoms with Gasteiger partial charge in [0.05, 0.1) is 39.6 Å². The van der Waals surface area contributed by atoms with Crippen molar-refractivity contribution in [1.82, 2.24) is 4.40 Å². The van der Waals surface area contributed by atoms with Crippen LogP contribution in [0.4, 0.5) is 34.1 Å². The van der Waals surface area contributed by atoms with Crippen LogP contribution < -0.4 is 9.80 Å². The number of para-hydroxylation sites is 9. The van der Waals surface area contributed by atoms with E-state index in [1.54, 1.807) is 0 Å². The normalized spacial score (nSPS) is 12.2. The van der Waals surface area contributed by atoms with Crippen LogP contribution >= 0.6 is 0 Å². The summed E-state index contributed by atoms with van der Waals surface area (Å²) in [4.78, 5) is 4.89. The number of furan rings is 4. The molecule has 0 spiro atoms. The Kier molecular flexibility index (Phi) is 9.49. The van der Waals surface area contributed by atoms with Gasteiger partial charge in [-0.25, -0.2) is 0 Å². The van der Waals surface area contributed by atoms with E-state index in [4.69, 9.17) is 17.7 Å². The number of nitrogens with zero attached hydrogens (tertiary/aromatic N) is 3. The molecule has 7 heteroatoms. The van der Waals surface area contributed by atoms with Gasteiger partial charge in [0.2, 0.25) is 0 Å². The van der Waals surface area contributed by atoms with Crippen LogP contribution in [0.1, 0.15) is 0 Å². The van der Waals surface area contributed by atoms with Gasteiger partial charge >= 0.3 is 0 Å². The summed E-state index contributed by atoms with van der Waals surface area (Å²) in [6.07, 6.45) is 0. The highest BCUT2D eigenvalue weighted by molar-refractivity contribution is 6.36. The predicted octanol–water partition coefficient (Wildman–Crippen LogP) is 22.7. The van der Waals surface area contributed by atoms with Crippen LogP contribution in [0.3, 0.4) is 0 Å². The van der Waals surface area contributed by atoms with Crippen molar-refractivity contribution in [3.63, 3.8) is 0 Å². The van der Waals surface area contributed by atoms with Gasteiger partial charge < -0.3 is 31.9 Å². The molecule has 0 amide bonds. The summed E-state index contributed by atoms with van der Waals surface area (Å²) in [5, 5.41) is 12.4. The second kappa shape index (κ2) is 17.5. The third kappa shape index (κ3) is 6.43. The molecule has 0 unspecified atom stereocenters. The predicted molar refractivity (Wildman–Crippen MR) is 350 cm³/mol. The van der Waals surface area contributed by atoms with E-state index in [1.807, 2.05) is 12.1 Å². The zero-order chi connectivity index (χ0) is 55.4. The number of hydrogen-bond acceptors (Lipinski definition) is 6. The molecular formula is C78H45N3O4. The van der Waals surface area contributed by atoms with Crippen LogP contribution in [0, 0.1) is 0 Å². The fourth-order valence-electron chi connectivity index (χ4n) is 14.1. The molecular weight excluding hydrogens is 1040 g/mol. The number of aromatic nitrogens is 1. The van der Waals surface area contributed by atoms with Gasteiger partial charge in [0.1, 0.15) is 33.4 Å². The summed E-state index contributed by atoms with van der Waals surface area (Å²) in [6.45, 7) is 0. The highest BCUT2D eigenvalue weighted by atomic mass is 16.3. The van der Waals surface area contributed by atoms with Crippen molar-refractivity contribution in [1.29, 1.82) is 0 Å². The highest BCUT2D eigenvalue weighted by Gasteiger charge is 2.34. The lowest BCUT2D eigenvalue weighted by atomic mass is 9.98. The molecule has 6 heterocycles. The van der Waals surface area contributed by atoms with E-state index in [0.717, 1.165) is 182 Å². The Hall–Kier alpha value is -11.5. The molecule has 19 rings (SSSR count). The molecule has 396 valence electrons. The van der Waals surface area contributed by atoms with Gasteiger partial charge in [0.25, 0.3) is 0 Å². The maximum atomic E-state index is 7.34. The summed E-state index contributed by atoms with van der Waals surface area (Å²) < 4.78 is 31.3. The average molecular weight is 1090 g/mol. The van der Waals surface area contributed by atoms with Gasteiger partial charge in [-0.05, 0) is 71.8 Å². The van der Waals surface area contributed by atoms with Crippen molar-refractivity contribution in [3.8, 4) is 22.3 Å². The molecule has 0 saturated carbocycles. The topological polar surface area (TPSA) is 63.5 Å². The highest BCUT2D eigenvalue weighted by Crippen LogP contribution is 2.57. The fraction of sp³-hybridized carbons (Fsp3) is 0. The molecule has 13 aromatic carbocycles. The van der Waals surface area contributed by atoms with Crippen molar-refractivity contribution >= 4 is 160 Å². The minimum Gasteiger partial charge on any atom is -0.454 e. The van der Waals surface area contributed by atoms with Gasteiger partial charge in [0, 0.05) is 75.8 Å². The molecule has 0 fully saturated rings. The first-order valence-electron chi connectivity index (χ1n) is 28.8. The molecule has 6 aromatic heterocycles. The van der Waals surface area contributed by atoms with Gasteiger partial charge in [-0.3, -0.25) is 0 Å². The molecule has 7 nitrogen and oxygen atoms in total. The Morgan fingerprint density at radius 1 is 0.224 bits per heavy atom. The SMILES string of the molecule is c1ccc(-c2ccccc2N(c2cccc3c2oc2ccccc23)c2cc3c4ccccc4oc3c3c2c2cccc4c5c(N(c6ccccc6-c6ccccc6)c6cccc7c6oc6ccccc67)cc6c7ccccc7oc6c5n3c24)cc1. The molecule has 0 bridgehead atoms. The lowest BCUT2D eigenvalue weighted by Gasteiger charge is -2.29. The van der Waals surface area contributed by atoms with Gasteiger partial charge in [0.15, 0.2) is 22.3 Å². The van der Waals surface area contributed by atoms with Crippen molar-refractivity contribution in [2.75, 3.05) is 9.80 Å². The van der Waals surface area contributed by atoms with Gasteiger partial charge in [-0.15, -0.1) is 0 Å². The zero-order valence-corrected chi connectivity index (χ0v) is 45.5. The minimum atomic E-state index is 0.779. The number of anilines is 6. The first-order valence-corrected chi connectivity index (χ1v) is 28.8. The van der Waals surface area contributed by atoms with Crippen molar-refractivity contribution in [3.05, 3.63) is 273 Å². The lowest BCUT2D eigenvalue weighted by molar-refractivity contribution is 0.668. The first-order chi connectivity index (χ1) is 42.2. The van der Waals surface area contributed by atoms with Crippen LogP contribution in [0.5, 0.6) is 0 Å². The van der Waals surface area contributed by atoms with E-state index in [9.17, 15) is 0 Å². The summed E-state index contributed by atoms with van der Waals surface area (Å²) in [5.41, 5.74) is 19.4. The maximum Gasteiger partial charge on any atom is 0.160 e. The molecule has 19 aromatic rings. The van der Waals surface area contributed by atoms with Crippen LogP contribution in [0.25, 0.3) is 148 Å². The van der Waals surface area contributed by atoms with Crippen LogP contribution in [0.2, 0.25) is 0 Å². The number of fused-ring (bicyclic) bond motifs is 20. The van der Waals surface area contributed by atoms with Crippen LogP contribution in [-0.2, 0) is 0 Å². The molecule has 0 N–H and O–H groups in total. The van der Waals surface area contributed by atoms with E-state index in [0.29, 0.717) is 0 Å². The third-order valence-electron chi connectivity index (χ3n) is 17.7. The summed E-state index contributed by atoms with van der Waals surface area (Å²) in [6, 6.07) is 97.0. The third-order valence-corrected chi connectivity index (χ3v) is 17.7. The lowest BCUT2D eigenvalue weighted by Crippen LogP contribution is -2.12. The van der Waals surface area contributed by atoms with Crippen LogP contribution in [0.15, 0.2) is 291 Å². The maximum absolute atomic E-state index is 7.34. The van der Waals surface area contributed by atoms with E-state index < -0.39 is 0 Å². The molecule has 0 saturated heterocycles. The van der Waals surface area contributed by atoms with E-state index >= 15 is 0 Å². The van der Waals surface area contributed by atoms with E-state index in [-0.39, 0.29) is 0 Å². The summed E-state index contributed by atoms with van der Waals surface area (Å²) in [5.74, 6) is 0. The van der Waals surface area contributed by atoms with Crippen molar-refractivity contribution in [2.45, 2.75) is 0 Å². The molecule has 0 aliphatic heterocycles. The quantitative estimate of drug-likeness (QED) is 0.151. The molecule has 0 radical (unpaired) electrons. The fourth-order valence-corrected chi connectivity index (χ4v) is 14.1. The second-order valence-corrected chi connectivity index (χ2v) is 22.2. The van der Waals surface area contributed by atoms with Gasteiger partial charge in [-0.1, -0.05) is 212 Å². The Morgan fingerprint density at radius 2 is 0.541 bits per heavy atom. The van der Waals surface area contributed by atoms with Crippen molar-refractivity contribution < 1.29 is 17.7 Å². The van der Waals surface area contributed by atoms with E-state index in [2.05, 4.69) is 275 Å². The second-order valence-electron chi connectivity index (χ2n) is 22.2. The van der Waals surface area contributed by atoms with Crippen molar-refractivity contribution in [2.24, 2.45) is 0 Å². The molecule has 0 aliphatic carbocycles. The first kappa shape index (κ1) is 46.1. The van der Waals surface area contributed by atoms with Crippen LogP contribution in [-0.4, -0.2) is 4.40 Å². The Morgan fingerprint density at radius 3 is 0.976 bits per heavy atom. The smallest absolute Gasteiger partial charge is 0.160 e. The largest absolute Gasteiger partial charge is 0.454 e. The van der Waals surface area contributed by atoms with Gasteiger partial charge in [-0.2, -0.15) is 0 Å². The molecule has 0 atom stereocenters. The summed E-state index contributed by atoms with van der Waals surface area (Å²) in [7, 11) is 0. The van der Waals surface area contributed by atoms with E-state index in [1.165, 1.54) is 0 Å². The Labute approximate surface area is 484 Å². The number of benzene rings is 13. The summed E-state index contributed by atoms with van der Waals surface area (Å²) >= 11 is 0. The average Bonchev–Trinajstić information content (AvgIpc) is 1.59. The standard InChI is InChI=1S/C78H45N3O4/c1-3-22-46(23-4-1)48-26-7-13-36-60(48)79(62-38-20-32-54-50-28-9-15-40-66(50)82-75(54)62)64-44-58-52-30-11-17-42-68(52)84-77(58)73-70(64)56-34-19-35-57-71-65(45-59-53-31-12-18-43-69(53)85-78(59)74(71)81(73)72(56)57)80(61-37-14-8-27-49(61)47-24-5-2-6-25-47)63-39-21-33-55-51-29-10-16-41-67(51)83-76(55)63/h1-45H. The monoisotopic (exact) mass is 1090 g/mol. The number of hydrogen-bond donors (Lipinski definition) is 0. The Bertz CT molecular complexity index is 5580. The molecule has 0 aliphatic rings. The molecule has 85 heavy (non-hydrogen) atoms.